The highest BCUT2D eigenvalue weighted by atomic mass is 32.2. The zero-order valence-electron chi connectivity index (χ0n) is 11.9. The predicted molar refractivity (Wildman–Crippen MR) is 79.8 cm³/mol. The van der Waals surface area contributed by atoms with E-state index in [1.807, 2.05) is 6.92 Å². The Labute approximate surface area is 120 Å². The van der Waals surface area contributed by atoms with E-state index >= 15 is 0 Å². The molecule has 0 radical (unpaired) electrons. The molecule has 0 aliphatic carbocycles. The van der Waals surface area contributed by atoms with Crippen LogP contribution in [0.5, 0.6) is 0 Å². The number of benzene rings is 1. The summed E-state index contributed by atoms with van der Waals surface area (Å²) in [6.07, 6.45) is 3.75. The van der Waals surface area contributed by atoms with Crippen molar-refractivity contribution in [3.8, 4) is 0 Å². The number of unbranched alkanes of at least 4 members (excludes halogenated alkanes) is 1. The van der Waals surface area contributed by atoms with Crippen LogP contribution in [0.4, 0.5) is 5.69 Å². The molecule has 0 heterocycles. The number of hydrogen-bond donors (Lipinski definition) is 2. The minimum Gasteiger partial charge on any atom is -0.326 e. The fourth-order valence-corrected chi connectivity index (χ4v) is 2.46. The summed E-state index contributed by atoms with van der Waals surface area (Å²) in [5, 5.41) is 7.82. The Morgan fingerprint density at radius 3 is 2.30 bits per heavy atom. The van der Waals surface area contributed by atoms with Crippen LogP contribution in [0.25, 0.3) is 0 Å². The molecule has 1 amide bonds. The van der Waals surface area contributed by atoms with Crippen LogP contribution < -0.4 is 10.5 Å². The third-order valence-corrected chi connectivity index (χ3v) is 4.15. The van der Waals surface area contributed by atoms with Crippen molar-refractivity contribution >= 4 is 21.6 Å². The van der Waals surface area contributed by atoms with E-state index in [1.165, 1.54) is 12.1 Å². The second-order valence-electron chi connectivity index (χ2n) is 4.81. The molecular weight excluding hydrogens is 276 g/mol. The lowest BCUT2D eigenvalue weighted by Gasteiger charge is -2.14. The number of primary sulfonamides is 1. The maximum atomic E-state index is 12.1. The zero-order chi connectivity index (χ0) is 15.2. The molecule has 0 fully saturated rings. The maximum absolute atomic E-state index is 12.1. The Balaban J connectivity index is 2.70. The third-order valence-electron chi connectivity index (χ3n) is 3.22. The summed E-state index contributed by atoms with van der Waals surface area (Å²) >= 11 is 0. The van der Waals surface area contributed by atoms with Crippen molar-refractivity contribution in [2.45, 2.75) is 44.4 Å². The van der Waals surface area contributed by atoms with Gasteiger partial charge in [0.15, 0.2) is 0 Å². The summed E-state index contributed by atoms with van der Waals surface area (Å²) < 4.78 is 22.3. The first kappa shape index (κ1) is 16.7. The third kappa shape index (κ3) is 4.94. The van der Waals surface area contributed by atoms with Crippen LogP contribution in [0.2, 0.25) is 0 Å². The van der Waals surface area contributed by atoms with Gasteiger partial charge < -0.3 is 5.32 Å². The van der Waals surface area contributed by atoms with Crippen LogP contribution in [0.15, 0.2) is 29.2 Å². The number of anilines is 1. The largest absolute Gasteiger partial charge is 0.326 e. The molecule has 6 heteroatoms. The van der Waals surface area contributed by atoms with Gasteiger partial charge in [-0.2, -0.15) is 0 Å². The van der Waals surface area contributed by atoms with Crippen molar-refractivity contribution < 1.29 is 13.2 Å². The molecule has 3 N–H and O–H groups in total. The molecule has 0 spiro atoms. The monoisotopic (exact) mass is 298 g/mol. The Morgan fingerprint density at radius 2 is 1.85 bits per heavy atom. The molecule has 20 heavy (non-hydrogen) atoms. The second kappa shape index (κ2) is 7.40. The number of nitrogens with one attached hydrogen (secondary N) is 1. The molecule has 1 atom stereocenters. The van der Waals surface area contributed by atoms with E-state index in [-0.39, 0.29) is 16.7 Å². The SMILES string of the molecule is CCCC[C@@H](CC)C(=O)Nc1ccc(S(N)(=O)=O)cc1. The molecule has 5 nitrogen and oxygen atoms in total. The van der Waals surface area contributed by atoms with Gasteiger partial charge in [0.2, 0.25) is 15.9 Å². The number of carbonyl (C=O) groups is 1. The van der Waals surface area contributed by atoms with Gasteiger partial charge in [0.05, 0.1) is 4.90 Å². The number of sulfonamides is 1. The normalized spacial score (nSPS) is 12.9. The molecule has 112 valence electrons. The molecule has 0 unspecified atom stereocenters. The van der Waals surface area contributed by atoms with E-state index in [1.54, 1.807) is 12.1 Å². The lowest BCUT2D eigenvalue weighted by molar-refractivity contribution is -0.120. The Kier molecular flexibility index (Phi) is 6.16. The summed E-state index contributed by atoms with van der Waals surface area (Å²) in [5.74, 6) is -0.0304. The van der Waals surface area contributed by atoms with E-state index in [0.29, 0.717) is 5.69 Å². The highest BCUT2D eigenvalue weighted by Crippen LogP contribution is 2.17. The van der Waals surface area contributed by atoms with Crippen molar-refractivity contribution in [1.29, 1.82) is 0 Å². The summed E-state index contributed by atoms with van der Waals surface area (Å²) in [5.41, 5.74) is 0.581. The molecule has 1 aromatic carbocycles. The van der Waals surface area contributed by atoms with E-state index in [2.05, 4.69) is 12.2 Å². The Morgan fingerprint density at radius 1 is 1.25 bits per heavy atom. The van der Waals surface area contributed by atoms with E-state index < -0.39 is 10.0 Å². The van der Waals surface area contributed by atoms with Crippen molar-refractivity contribution in [3.05, 3.63) is 24.3 Å². The lowest BCUT2D eigenvalue weighted by atomic mass is 9.98. The number of hydrogen-bond acceptors (Lipinski definition) is 3. The van der Waals surface area contributed by atoms with Gasteiger partial charge in [-0.25, -0.2) is 13.6 Å². The quantitative estimate of drug-likeness (QED) is 0.810. The summed E-state index contributed by atoms with van der Waals surface area (Å²) in [6.45, 7) is 4.08. The molecule has 1 aromatic rings. The summed E-state index contributed by atoms with van der Waals surface area (Å²) in [4.78, 5) is 12.1. The minimum absolute atomic E-state index is 0.00660. The summed E-state index contributed by atoms with van der Waals surface area (Å²) in [6, 6.07) is 5.87. The van der Waals surface area contributed by atoms with Gasteiger partial charge in [-0.05, 0) is 37.1 Å². The van der Waals surface area contributed by atoms with Gasteiger partial charge >= 0.3 is 0 Å². The van der Waals surface area contributed by atoms with Gasteiger partial charge in [-0.15, -0.1) is 0 Å². The second-order valence-corrected chi connectivity index (χ2v) is 6.37. The van der Waals surface area contributed by atoms with E-state index in [9.17, 15) is 13.2 Å². The number of nitrogens with two attached hydrogens (primary N) is 1. The smallest absolute Gasteiger partial charge is 0.238 e. The van der Waals surface area contributed by atoms with Crippen molar-refractivity contribution in [2.24, 2.45) is 11.1 Å². The van der Waals surface area contributed by atoms with Gasteiger partial charge in [0.25, 0.3) is 0 Å². The minimum atomic E-state index is -3.69. The van der Waals surface area contributed by atoms with Crippen LogP contribution in [-0.2, 0) is 14.8 Å². The highest BCUT2D eigenvalue weighted by molar-refractivity contribution is 7.89. The van der Waals surface area contributed by atoms with Gasteiger partial charge in [-0.3, -0.25) is 4.79 Å². The van der Waals surface area contributed by atoms with Gasteiger partial charge in [0.1, 0.15) is 0 Å². The van der Waals surface area contributed by atoms with Crippen molar-refractivity contribution in [2.75, 3.05) is 5.32 Å². The van der Waals surface area contributed by atoms with Crippen LogP contribution >= 0.6 is 0 Å². The van der Waals surface area contributed by atoms with E-state index in [0.717, 1.165) is 25.7 Å². The number of rotatable bonds is 7. The molecule has 0 aliphatic rings. The highest BCUT2D eigenvalue weighted by Gasteiger charge is 2.16. The molecular formula is C14H22N2O3S. The molecule has 0 bridgehead atoms. The Hall–Kier alpha value is -1.40. The Bertz CT molecular complexity index is 538. The van der Waals surface area contributed by atoms with Gasteiger partial charge in [-0.1, -0.05) is 26.7 Å². The molecule has 1 rings (SSSR count). The standard InChI is InChI=1S/C14H22N2O3S/c1-3-5-6-11(4-2)14(17)16-12-7-9-13(10-8-12)20(15,18)19/h7-11H,3-6H2,1-2H3,(H,16,17)(H2,15,18,19)/t11-/m1/s1. The fraction of sp³-hybridized carbons (Fsp3) is 0.500. The molecule has 0 aliphatic heterocycles. The predicted octanol–water partition coefficient (Wildman–Crippen LogP) is 2.49. The lowest BCUT2D eigenvalue weighted by Crippen LogP contribution is -2.22. The molecule has 0 aromatic heterocycles. The van der Waals surface area contributed by atoms with Crippen molar-refractivity contribution in [1.82, 2.24) is 0 Å². The van der Waals surface area contributed by atoms with Crippen molar-refractivity contribution in [3.63, 3.8) is 0 Å². The van der Waals surface area contributed by atoms with E-state index in [4.69, 9.17) is 5.14 Å². The van der Waals surface area contributed by atoms with Crippen LogP contribution in [0, 0.1) is 5.92 Å². The average molecular weight is 298 g/mol. The molecule has 0 saturated heterocycles. The topological polar surface area (TPSA) is 89.3 Å². The fourth-order valence-electron chi connectivity index (χ4n) is 1.94. The zero-order valence-corrected chi connectivity index (χ0v) is 12.7. The first-order chi connectivity index (χ1) is 9.38. The van der Waals surface area contributed by atoms with Crippen LogP contribution in [0.3, 0.4) is 0 Å². The van der Waals surface area contributed by atoms with Gasteiger partial charge in [0, 0.05) is 11.6 Å². The molecule has 0 saturated carbocycles. The average Bonchev–Trinajstić information content (AvgIpc) is 2.39. The first-order valence-corrected chi connectivity index (χ1v) is 8.36. The number of amides is 1. The summed E-state index contributed by atoms with van der Waals surface area (Å²) in [7, 11) is -3.69. The number of carbonyl (C=O) groups excluding carboxylic acids is 1. The first-order valence-electron chi connectivity index (χ1n) is 6.82. The van der Waals surface area contributed by atoms with Crippen LogP contribution in [0.1, 0.15) is 39.5 Å². The maximum Gasteiger partial charge on any atom is 0.238 e. The van der Waals surface area contributed by atoms with Crippen LogP contribution in [-0.4, -0.2) is 14.3 Å².